The third-order valence-corrected chi connectivity index (χ3v) is 3.14. The summed E-state index contributed by atoms with van der Waals surface area (Å²) >= 11 is 0. The van der Waals surface area contributed by atoms with Crippen molar-refractivity contribution < 1.29 is 4.74 Å². The molecule has 0 atom stereocenters. The zero-order valence-corrected chi connectivity index (χ0v) is 13.6. The van der Waals surface area contributed by atoms with Crippen LogP contribution in [-0.2, 0) is 17.9 Å². The van der Waals surface area contributed by atoms with Crippen molar-refractivity contribution >= 4 is 5.96 Å². The minimum atomic E-state index is 0.646. The second kappa shape index (κ2) is 11.1. The van der Waals surface area contributed by atoms with Crippen molar-refractivity contribution in [2.75, 3.05) is 20.2 Å². The summed E-state index contributed by atoms with van der Waals surface area (Å²) in [4.78, 5) is 4.64. The Hall–Kier alpha value is -1.55. The highest BCUT2D eigenvalue weighted by atomic mass is 16.5. The molecule has 0 radical (unpaired) electrons. The molecule has 0 aliphatic carbocycles. The van der Waals surface area contributed by atoms with Crippen molar-refractivity contribution in [2.24, 2.45) is 4.99 Å². The van der Waals surface area contributed by atoms with Gasteiger partial charge >= 0.3 is 0 Å². The van der Waals surface area contributed by atoms with Gasteiger partial charge in [-0.2, -0.15) is 0 Å². The molecule has 0 aliphatic heterocycles. The van der Waals surface area contributed by atoms with Crippen molar-refractivity contribution in [3.8, 4) is 0 Å². The molecule has 0 aromatic heterocycles. The molecule has 1 aromatic carbocycles. The summed E-state index contributed by atoms with van der Waals surface area (Å²) in [6.45, 7) is 7.48. The highest BCUT2D eigenvalue weighted by Gasteiger charge is 1.98. The first-order chi connectivity index (χ1) is 10.3. The molecule has 0 aliphatic rings. The summed E-state index contributed by atoms with van der Waals surface area (Å²) < 4.78 is 5.16. The SMILES string of the molecule is CCCCCNC(=NCc1cccc(COC)c1)NCC. The van der Waals surface area contributed by atoms with E-state index >= 15 is 0 Å². The van der Waals surface area contributed by atoms with Crippen LogP contribution in [0.2, 0.25) is 0 Å². The van der Waals surface area contributed by atoms with E-state index in [1.165, 1.54) is 30.4 Å². The van der Waals surface area contributed by atoms with Crippen molar-refractivity contribution in [1.82, 2.24) is 10.6 Å². The van der Waals surface area contributed by atoms with Gasteiger partial charge in [-0.25, -0.2) is 4.99 Å². The standard InChI is InChI=1S/C17H29N3O/c1-4-6-7-11-19-17(18-5-2)20-13-15-9-8-10-16(12-15)14-21-3/h8-10,12H,4-7,11,13-14H2,1-3H3,(H2,18,19,20). The van der Waals surface area contributed by atoms with Gasteiger partial charge in [0.2, 0.25) is 0 Å². The van der Waals surface area contributed by atoms with Crippen LogP contribution < -0.4 is 10.6 Å². The number of rotatable bonds is 9. The number of hydrogen-bond donors (Lipinski definition) is 2. The minimum Gasteiger partial charge on any atom is -0.380 e. The fourth-order valence-corrected chi connectivity index (χ4v) is 2.08. The number of hydrogen-bond acceptors (Lipinski definition) is 2. The van der Waals surface area contributed by atoms with Gasteiger partial charge < -0.3 is 15.4 Å². The summed E-state index contributed by atoms with van der Waals surface area (Å²) in [5.41, 5.74) is 2.39. The lowest BCUT2D eigenvalue weighted by molar-refractivity contribution is 0.185. The van der Waals surface area contributed by atoms with Crippen molar-refractivity contribution in [1.29, 1.82) is 0 Å². The third-order valence-electron chi connectivity index (χ3n) is 3.14. The van der Waals surface area contributed by atoms with E-state index in [9.17, 15) is 0 Å². The molecule has 0 unspecified atom stereocenters. The Bertz CT molecular complexity index is 418. The van der Waals surface area contributed by atoms with Crippen LogP contribution in [-0.4, -0.2) is 26.2 Å². The summed E-state index contributed by atoms with van der Waals surface area (Å²) in [5.74, 6) is 0.894. The second-order valence-corrected chi connectivity index (χ2v) is 5.08. The van der Waals surface area contributed by atoms with Crippen molar-refractivity contribution in [2.45, 2.75) is 46.3 Å². The molecule has 118 valence electrons. The number of unbranched alkanes of at least 4 members (excludes halogenated alkanes) is 2. The van der Waals surface area contributed by atoms with Crippen LogP contribution in [0.1, 0.15) is 44.2 Å². The predicted molar refractivity (Wildman–Crippen MR) is 89.5 cm³/mol. The molecule has 1 rings (SSSR count). The van der Waals surface area contributed by atoms with E-state index in [0.29, 0.717) is 13.2 Å². The van der Waals surface area contributed by atoms with E-state index < -0.39 is 0 Å². The Labute approximate surface area is 129 Å². The average Bonchev–Trinajstić information content (AvgIpc) is 2.50. The van der Waals surface area contributed by atoms with Gasteiger partial charge in [0.05, 0.1) is 13.2 Å². The van der Waals surface area contributed by atoms with Gasteiger partial charge in [-0.1, -0.05) is 44.0 Å². The van der Waals surface area contributed by atoms with Crippen LogP contribution in [0.25, 0.3) is 0 Å². The Morgan fingerprint density at radius 3 is 2.67 bits per heavy atom. The van der Waals surface area contributed by atoms with Gasteiger partial charge in [0.25, 0.3) is 0 Å². The predicted octanol–water partition coefficient (Wildman–Crippen LogP) is 3.08. The Morgan fingerprint density at radius 1 is 1.14 bits per heavy atom. The number of nitrogens with one attached hydrogen (secondary N) is 2. The summed E-state index contributed by atoms with van der Waals surface area (Å²) in [5, 5.41) is 6.66. The summed E-state index contributed by atoms with van der Waals surface area (Å²) in [6.07, 6.45) is 3.68. The summed E-state index contributed by atoms with van der Waals surface area (Å²) in [7, 11) is 1.72. The largest absolute Gasteiger partial charge is 0.380 e. The van der Waals surface area contributed by atoms with Gasteiger partial charge in [-0.3, -0.25) is 0 Å². The fraction of sp³-hybridized carbons (Fsp3) is 0.588. The number of guanidine groups is 1. The molecule has 0 amide bonds. The molecular weight excluding hydrogens is 262 g/mol. The fourth-order valence-electron chi connectivity index (χ4n) is 2.08. The third kappa shape index (κ3) is 7.71. The van der Waals surface area contributed by atoms with Gasteiger partial charge in [-0.15, -0.1) is 0 Å². The monoisotopic (exact) mass is 291 g/mol. The topological polar surface area (TPSA) is 45.7 Å². The van der Waals surface area contributed by atoms with E-state index in [-0.39, 0.29) is 0 Å². The number of aliphatic imine (C=N–C) groups is 1. The lowest BCUT2D eigenvalue weighted by atomic mass is 10.1. The van der Waals surface area contributed by atoms with Crippen molar-refractivity contribution in [3.63, 3.8) is 0 Å². The normalized spacial score (nSPS) is 11.5. The molecule has 0 spiro atoms. The van der Waals surface area contributed by atoms with E-state index in [0.717, 1.165) is 19.0 Å². The van der Waals surface area contributed by atoms with Crippen LogP contribution in [0, 0.1) is 0 Å². The van der Waals surface area contributed by atoms with Gasteiger partial charge in [-0.05, 0) is 24.5 Å². The van der Waals surface area contributed by atoms with Gasteiger partial charge in [0.1, 0.15) is 0 Å². The van der Waals surface area contributed by atoms with Gasteiger partial charge in [0, 0.05) is 20.2 Å². The molecule has 0 bridgehead atoms. The molecule has 21 heavy (non-hydrogen) atoms. The van der Waals surface area contributed by atoms with Gasteiger partial charge in [0.15, 0.2) is 5.96 Å². The number of nitrogens with zero attached hydrogens (tertiary/aromatic N) is 1. The highest BCUT2D eigenvalue weighted by Crippen LogP contribution is 2.07. The number of methoxy groups -OCH3 is 1. The molecule has 2 N–H and O–H groups in total. The summed E-state index contributed by atoms with van der Waals surface area (Å²) in [6, 6.07) is 8.38. The van der Waals surface area contributed by atoms with Crippen LogP contribution in [0.5, 0.6) is 0 Å². The molecule has 4 heteroatoms. The first-order valence-electron chi connectivity index (χ1n) is 7.89. The van der Waals surface area contributed by atoms with Crippen LogP contribution in [0.3, 0.4) is 0 Å². The molecule has 4 nitrogen and oxygen atoms in total. The first-order valence-corrected chi connectivity index (χ1v) is 7.89. The molecule has 0 fully saturated rings. The van der Waals surface area contributed by atoms with Crippen LogP contribution >= 0.6 is 0 Å². The van der Waals surface area contributed by atoms with E-state index in [1.807, 2.05) is 0 Å². The lowest BCUT2D eigenvalue weighted by Gasteiger charge is -2.11. The van der Waals surface area contributed by atoms with Crippen LogP contribution in [0.15, 0.2) is 29.3 Å². The first kappa shape index (κ1) is 17.5. The second-order valence-electron chi connectivity index (χ2n) is 5.08. The zero-order valence-electron chi connectivity index (χ0n) is 13.6. The minimum absolute atomic E-state index is 0.646. The maximum absolute atomic E-state index is 5.16. The van der Waals surface area contributed by atoms with E-state index in [4.69, 9.17) is 4.74 Å². The van der Waals surface area contributed by atoms with Crippen LogP contribution in [0.4, 0.5) is 0 Å². The van der Waals surface area contributed by atoms with Crippen molar-refractivity contribution in [3.05, 3.63) is 35.4 Å². The van der Waals surface area contributed by atoms with E-state index in [1.54, 1.807) is 7.11 Å². The maximum Gasteiger partial charge on any atom is 0.191 e. The maximum atomic E-state index is 5.16. The zero-order chi connectivity index (χ0) is 15.3. The Balaban J connectivity index is 2.53. The molecule has 0 saturated carbocycles. The van der Waals surface area contributed by atoms with E-state index in [2.05, 4.69) is 53.7 Å². The highest BCUT2D eigenvalue weighted by molar-refractivity contribution is 5.79. The molecule has 1 aromatic rings. The Morgan fingerprint density at radius 2 is 1.95 bits per heavy atom. The smallest absolute Gasteiger partial charge is 0.191 e. The molecule has 0 heterocycles. The quantitative estimate of drug-likeness (QED) is 0.417. The Kier molecular flexibility index (Phi) is 9.29. The molecule has 0 saturated heterocycles. The lowest BCUT2D eigenvalue weighted by Crippen LogP contribution is -2.37. The number of ether oxygens (including phenoxy) is 1. The average molecular weight is 291 g/mol. The number of benzene rings is 1. The molecular formula is C17H29N3O.